The molecular weight excluding hydrogens is 163 g/mol. The molecule has 0 radical (unpaired) electrons. The Labute approximate surface area is 79.4 Å². The van der Waals surface area contributed by atoms with E-state index < -0.39 is 30.2 Å². The van der Waals surface area contributed by atoms with Crippen molar-refractivity contribution in [1.29, 1.82) is 0 Å². The first-order chi connectivity index (χ1) is 4.95. The van der Waals surface area contributed by atoms with E-state index in [1.807, 2.05) is 0 Å². The van der Waals surface area contributed by atoms with Crippen molar-refractivity contribution < 1.29 is 29.7 Å². The fourth-order valence-electron chi connectivity index (χ4n) is 0.350. The van der Waals surface area contributed by atoms with Crippen LogP contribution in [0.3, 0.4) is 0 Å². The minimum absolute atomic E-state index is 0. The average Bonchev–Trinajstić information content (AvgIpc) is 1.87. The van der Waals surface area contributed by atoms with E-state index in [0.717, 1.165) is 0 Å². The van der Waals surface area contributed by atoms with Crippen molar-refractivity contribution in [2.24, 2.45) is 0 Å². The number of aliphatic hydroxyl groups excluding tert-OH is 1. The van der Waals surface area contributed by atoms with Crippen molar-refractivity contribution in [3.63, 3.8) is 0 Å². The fourth-order valence-corrected chi connectivity index (χ4v) is 0.350. The van der Waals surface area contributed by atoms with Gasteiger partial charge in [0.2, 0.25) is 5.78 Å². The van der Waals surface area contributed by atoms with Gasteiger partial charge < -0.3 is 15.3 Å². The predicted molar refractivity (Wildman–Crippen MR) is 38.1 cm³/mol. The first-order valence-corrected chi connectivity index (χ1v) is 2.62. The molecule has 0 bridgehead atoms. The van der Waals surface area contributed by atoms with Gasteiger partial charge in [0, 0.05) is 0 Å². The van der Waals surface area contributed by atoms with Crippen LogP contribution in [0, 0.1) is 0 Å². The van der Waals surface area contributed by atoms with E-state index in [0.29, 0.717) is 0 Å². The molecule has 0 rings (SSSR count). The van der Waals surface area contributed by atoms with Gasteiger partial charge in [-0.05, 0) is 0 Å². The number of aliphatic hydroxyl groups is 1. The van der Waals surface area contributed by atoms with E-state index in [4.69, 9.17) is 15.3 Å². The number of carbonyl (C=O) groups excluding carboxylic acids is 1. The summed E-state index contributed by atoms with van der Waals surface area (Å²) in [7, 11) is 0. The van der Waals surface area contributed by atoms with Gasteiger partial charge in [-0.25, -0.2) is 9.59 Å². The van der Waals surface area contributed by atoms with Crippen molar-refractivity contribution >= 4 is 36.6 Å². The van der Waals surface area contributed by atoms with Gasteiger partial charge in [-0.2, -0.15) is 0 Å². The van der Waals surface area contributed by atoms with E-state index >= 15 is 0 Å². The third-order valence-electron chi connectivity index (χ3n) is 0.902. The molecule has 0 amide bonds. The fraction of sp³-hybridized carbons (Fsp3) is 0.400. The Morgan fingerprint density at radius 3 is 1.83 bits per heavy atom. The molecule has 0 aliphatic heterocycles. The van der Waals surface area contributed by atoms with Gasteiger partial charge in [-0.3, -0.25) is 4.79 Å². The van der Waals surface area contributed by atoms with Gasteiger partial charge in [0.15, 0.2) is 6.10 Å². The summed E-state index contributed by atoms with van der Waals surface area (Å²) in [5.74, 6) is -4.68. The number of ketones is 1. The number of carbonyl (C=O) groups is 3. The molecule has 3 N–H and O–H groups in total. The summed E-state index contributed by atoms with van der Waals surface area (Å²) < 4.78 is 0. The Morgan fingerprint density at radius 2 is 1.58 bits per heavy atom. The molecule has 0 aromatic heterocycles. The van der Waals surface area contributed by atoms with Crippen molar-refractivity contribution in [3.05, 3.63) is 0 Å². The summed E-state index contributed by atoms with van der Waals surface area (Å²) in [6.07, 6.45) is -2.83. The number of carboxylic acid groups (broad SMARTS) is 2. The Hall–Kier alpha value is -0.833. The van der Waals surface area contributed by atoms with Gasteiger partial charge in [-0.15, -0.1) is 0 Å². The van der Waals surface area contributed by atoms with Gasteiger partial charge >= 0.3 is 30.8 Å². The van der Waals surface area contributed by atoms with Crippen LogP contribution in [0.25, 0.3) is 0 Å². The van der Waals surface area contributed by atoms with Crippen molar-refractivity contribution in [2.45, 2.75) is 12.5 Å². The number of aliphatic carboxylic acids is 2. The van der Waals surface area contributed by atoms with Crippen molar-refractivity contribution in [3.8, 4) is 0 Å². The molecular formula is C5H7LiO6. The molecule has 1 unspecified atom stereocenters. The Kier molecular flexibility index (Phi) is 6.61. The molecule has 0 heterocycles. The SMILES string of the molecule is O=C(O)C(=O)CC(O)C(=O)O.[LiH]. The minimum atomic E-state index is -1.93. The van der Waals surface area contributed by atoms with Gasteiger partial charge in [0.1, 0.15) is 0 Å². The summed E-state index contributed by atoms with van der Waals surface area (Å²) in [6, 6.07) is 0. The standard InChI is InChI=1S/C5H6O6.Li.H/c6-2(4(8)9)1-3(7)5(10)11;;/h2,6H,1H2,(H,8,9)(H,10,11);;. The van der Waals surface area contributed by atoms with Crippen LogP contribution in [0.1, 0.15) is 6.42 Å². The zero-order valence-corrected chi connectivity index (χ0v) is 5.35. The summed E-state index contributed by atoms with van der Waals surface area (Å²) in [5, 5.41) is 24.4. The van der Waals surface area contributed by atoms with Gasteiger partial charge in [-0.1, -0.05) is 0 Å². The first-order valence-electron chi connectivity index (χ1n) is 2.62. The van der Waals surface area contributed by atoms with Crippen LogP contribution in [-0.4, -0.2) is 58.0 Å². The molecule has 0 aromatic carbocycles. The summed E-state index contributed by atoms with van der Waals surface area (Å²) in [6.45, 7) is 0. The van der Waals surface area contributed by atoms with Gasteiger partial charge in [0.05, 0.1) is 6.42 Å². The van der Waals surface area contributed by atoms with Crippen LogP contribution in [0.5, 0.6) is 0 Å². The quantitative estimate of drug-likeness (QED) is 0.327. The Morgan fingerprint density at radius 1 is 1.17 bits per heavy atom. The van der Waals surface area contributed by atoms with Crippen LogP contribution in [-0.2, 0) is 14.4 Å². The summed E-state index contributed by atoms with van der Waals surface area (Å²) >= 11 is 0. The first kappa shape index (κ1) is 13.7. The molecule has 0 saturated carbocycles. The summed E-state index contributed by atoms with van der Waals surface area (Å²) in [5.41, 5.74) is 0. The second-order valence-corrected chi connectivity index (χ2v) is 1.79. The maximum absolute atomic E-state index is 10.2. The van der Waals surface area contributed by atoms with Crippen LogP contribution in [0.4, 0.5) is 0 Å². The zero-order chi connectivity index (χ0) is 9.02. The van der Waals surface area contributed by atoms with E-state index in [2.05, 4.69) is 0 Å². The maximum atomic E-state index is 10.2. The van der Waals surface area contributed by atoms with Crippen molar-refractivity contribution in [1.82, 2.24) is 0 Å². The second-order valence-electron chi connectivity index (χ2n) is 1.79. The molecule has 7 heteroatoms. The number of carboxylic acids is 2. The number of hydrogen-bond acceptors (Lipinski definition) is 4. The molecule has 0 spiro atoms. The van der Waals surface area contributed by atoms with Crippen LogP contribution < -0.4 is 0 Å². The zero-order valence-electron chi connectivity index (χ0n) is 5.35. The monoisotopic (exact) mass is 170 g/mol. The predicted octanol–water partition coefficient (Wildman–Crippen LogP) is -2.17. The molecule has 0 fully saturated rings. The number of rotatable bonds is 4. The van der Waals surface area contributed by atoms with Crippen LogP contribution in [0.15, 0.2) is 0 Å². The molecule has 1 atom stereocenters. The van der Waals surface area contributed by atoms with Crippen molar-refractivity contribution in [2.75, 3.05) is 0 Å². The third kappa shape index (κ3) is 4.90. The molecule has 12 heavy (non-hydrogen) atoms. The summed E-state index contributed by atoms with van der Waals surface area (Å²) in [4.78, 5) is 29.9. The molecule has 0 aliphatic rings. The van der Waals surface area contributed by atoms with Gasteiger partial charge in [0.25, 0.3) is 0 Å². The molecule has 6 nitrogen and oxygen atoms in total. The average molecular weight is 170 g/mol. The number of hydrogen-bond donors (Lipinski definition) is 3. The Balaban J connectivity index is 0. The van der Waals surface area contributed by atoms with E-state index in [9.17, 15) is 14.4 Å². The van der Waals surface area contributed by atoms with Crippen LogP contribution >= 0.6 is 0 Å². The molecule has 64 valence electrons. The van der Waals surface area contributed by atoms with Crippen LogP contribution in [0.2, 0.25) is 0 Å². The molecule has 0 saturated heterocycles. The third-order valence-corrected chi connectivity index (χ3v) is 0.902. The molecule has 0 aromatic rings. The Bertz CT molecular complexity index is 200. The second kappa shape index (κ2) is 5.77. The number of Topliss-reactive ketones (excluding diaryl/α,β-unsaturated/α-hetero) is 1. The topological polar surface area (TPSA) is 112 Å². The van der Waals surface area contributed by atoms with E-state index in [-0.39, 0.29) is 18.9 Å². The normalized spacial score (nSPS) is 11.1. The molecule has 0 aliphatic carbocycles. The van der Waals surface area contributed by atoms with E-state index in [1.54, 1.807) is 0 Å². The van der Waals surface area contributed by atoms with E-state index in [1.165, 1.54) is 0 Å².